The van der Waals surface area contributed by atoms with Gasteiger partial charge in [0.15, 0.2) is 0 Å². The zero-order valence-electron chi connectivity index (χ0n) is 13.0. The highest BCUT2D eigenvalue weighted by Crippen LogP contribution is 2.37. The first-order valence-electron chi connectivity index (χ1n) is 8.13. The summed E-state index contributed by atoms with van der Waals surface area (Å²) in [6, 6.07) is 7.98. The average molecular weight is 305 g/mol. The van der Waals surface area contributed by atoms with Gasteiger partial charge in [-0.3, -0.25) is 9.69 Å². The van der Waals surface area contributed by atoms with Crippen molar-refractivity contribution in [3.8, 4) is 12.3 Å². The Balaban J connectivity index is 1.57. The van der Waals surface area contributed by atoms with Crippen LogP contribution in [0, 0.1) is 12.3 Å². The van der Waals surface area contributed by atoms with E-state index in [0.717, 1.165) is 60.6 Å². The molecule has 4 nitrogen and oxygen atoms in total. The summed E-state index contributed by atoms with van der Waals surface area (Å²) >= 11 is 0. The molecule has 1 N–H and O–H groups in total. The molecule has 4 heteroatoms. The third kappa shape index (κ3) is 2.80. The van der Waals surface area contributed by atoms with Crippen molar-refractivity contribution in [1.82, 2.24) is 14.9 Å². The third-order valence-corrected chi connectivity index (χ3v) is 4.70. The SMILES string of the molecule is C#Cc1ccccc1CN1CCc2nc(C3CC3)[nH]c(=O)c2C1. The lowest BCUT2D eigenvalue weighted by Gasteiger charge is -2.28. The van der Waals surface area contributed by atoms with Crippen molar-refractivity contribution in [2.24, 2.45) is 0 Å². The largest absolute Gasteiger partial charge is 0.310 e. The van der Waals surface area contributed by atoms with E-state index < -0.39 is 0 Å². The zero-order chi connectivity index (χ0) is 15.8. The van der Waals surface area contributed by atoms with Crippen LogP contribution in [0.1, 0.15) is 47.0 Å². The normalized spacial score (nSPS) is 17.5. The van der Waals surface area contributed by atoms with Crippen molar-refractivity contribution in [3.05, 3.63) is 62.8 Å². The molecule has 1 aromatic carbocycles. The van der Waals surface area contributed by atoms with Gasteiger partial charge in [-0.2, -0.15) is 0 Å². The summed E-state index contributed by atoms with van der Waals surface area (Å²) < 4.78 is 0. The number of fused-ring (bicyclic) bond motifs is 1. The van der Waals surface area contributed by atoms with Crippen LogP contribution in [0.2, 0.25) is 0 Å². The van der Waals surface area contributed by atoms with Crippen LogP contribution in [0.3, 0.4) is 0 Å². The molecule has 4 rings (SSSR count). The van der Waals surface area contributed by atoms with Gasteiger partial charge in [0.05, 0.1) is 11.3 Å². The molecule has 0 amide bonds. The summed E-state index contributed by atoms with van der Waals surface area (Å²) in [7, 11) is 0. The van der Waals surface area contributed by atoms with E-state index >= 15 is 0 Å². The van der Waals surface area contributed by atoms with Crippen molar-refractivity contribution in [2.45, 2.75) is 38.3 Å². The lowest BCUT2D eigenvalue weighted by molar-refractivity contribution is 0.241. The van der Waals surface area contributed by atoms with E-state index in [1.807, 2.05) is 18.2 Å². The number of H-pyrrole nitrogens is 1. The summed E-state index contributed by atoms with van der Waals surface area (Å²) in [4.78, 5) is 22.3. The summed E-state index contributed by atoms with van der Waals surface area (Å²) in [5, 5.41) is 0. The fourth-order valence-corrected chi connectivity index (χ4v) is 3.23. The van der Waals surface area contributed by atoms with E-state index in [0.29, 0.717) is 12.5 Å². The molecule has 1 aromatic heterocycles. The fraction of sp³-hybridized carbons (Fsp3) is 0.368. The Hall–Kier alpha value is -2.38. The number of terminal acetylenes is 1. The molecule has 0 radical (unpaired) electrons. The molecule has 2 heterocycles. The summed E-state index contributed by atoms with van der Waals surface area (Å²) in [5.41, 5.74) is 3.90. The highest BCUT2D eigenvalue weighted by atomic mass is 16.1. The number of hydrogen-bond acceptors (Lipinski definition) is 3. The second kappa shape index (κ2) is 5.68. The van der Waals surface area contributed by atoms with Crippen molar-refractivity contribution in [1.29, 1.82) is 0 Å². The molecule has 1 aliphatic heterocycles. The van der Waals surface area contributed by atoms with E-state index in [1.54, 1.807) is 0 Å². The number of rotatable bonds is 3. The summed E-state index contributed by atoms with van der Waals surface area (Å²) in [6.07, 6.45) is 8.70. The first-order valence-corrected chi connectivity index (χ1v) is 8.13. The lowest BCUT2D eigenvalue weighted by atomic mass is 10.0. The van der Waals surface area contributed by atoms with Gasteiger partial charge in [-0.25, -0.2) is 4.98 Å². The van der Waals surface area contributed by atoms with Crippen molar-refractivity contribution in [2.75, 3.05) is 6.54 Å². The van der Waals surface area contributed by atoms with Gasteiger partial charge in [0.2, 0.25) is 0 Å². The monoisotopic (exact) mass is 305 g/mol. The molecule has 2 aliphatic rings. The minimum Gasteiger partial charge on any atom is -0.310 e. The molecule has 0 bridgehead atoms. The number of nitrogens with one attached hydrogen (secondary N) is 1. The molecule has 1 fully saturated rings. The predicted molar refractivity (Wildman–Crippen MR) is 89.0 cm³/mol. The van der Waals surface area contributed by atoms with Crippen LogP contribution in [0.4, 0.5) is 0 Å². The van der Waals surface area contributed by atoms with E-state index in [2.05, 4.69) is 21.9 Å². The van der Waals surface area contributed by atoms with E-state index in [4.69, 9.17) is 11.4 Å². The maximum atomic E-state index is 12.4. The fourth-order valence-electron chi connectivity index (χ4n) is 3.23. The van der Waals surface area contributed by atoms with Crippen LogP contribution in [0.15, 0.2) is 29.1 Å². The Morgan fingerprint density at radius 2 is 2.17 bits per heavy atom. The van der Waals surface area contributed by atoms with Gasteiger partial charge in [0.25, 0.3) is 5.56 Å². The summed E-state index contributed by atoms with van der Waals surface area (Å²) in [6.45, 7) is 2.32. The highest BCUT2D eigenvalue weighted by molar-refractivity contribution is 5.39. The van der Waals surface area contributed by atoms with Gasteiger partial charge in [0.1, 0.15) is 5.82 Å². The Labute approximate surface area is 135 Å². The maximum absolute atomic E-state index is 12.4. The molecule has 1 aliphatic carbocycles. The first-order chi connectivity index (χ1) is 11.2. The molecule has 23 heavy (non-hydrogen) atoms. The maximum Gasteiger partial charge on any atom is 0.255 e. The molecule has 1 saturated carbocycles. The average Bonchev–Trinajstić information content (AvgIpc) is 3.41. The quantitative estimate of drug-likeness (QED) is 0.884. The number of aromatic amines is 1. The van der Waals surface area contributed by atoms with Crippen LogP contribution in [0.25, 0.3) is 0 Å². The number of benzene rings is 1. The molecule has 0 spiro atoms. The molecule has 0 unspecified atom stereocenters. The topological polar surface area (TPSA) is 49.0 Å². The number of aromatic nitrogens is 2. The van der Waals surface area contributed by atoms with E-state index in [9.17, 15) is 4.79 Å². The van der Waals surface area contributed by atoms with E-state index in [1.165, 1.54) is 0 Å². The van der Waals surface area contributed by atoms with Gasteiger partial charge in [-0.15, -0.1) is 6.42 Å². The minimum atomic E-state index is 0.0341. The molecule has 0 atom stereocenters. The van der Waals surface area contributed by atoms with Gasteiger partial charge in [-0.1, -0.05) is 24.1 Å². The van der Waals surface area contributed by atoms with Crippen LogP contribution in [-0.2, 0) is 19.5 Å². The van der Waals surface area contributed by atoms with Crippen molar-refractivity contribution >= 4 is 0 Å². The third-order valence-electron chi connectivity index (χ3n) is 4.70. The Kier molecular flexibility index (Phi) is 3.51. The Morgan fingerprint density at radius 3 is 2.96 bits per heavy atom. The molecular formula is C19H19N3O. The smallest absolute Gasteiger partial charge is 0.255 e. The molecule has 116 valence electrons. The Bertz CT molecular complexity index is 842. The van der Waals surface area contributed by atoms with Gasteiger partial charge >= 0.3 is 0 Å². The lowest BCUT2D eigenvalue weighted by Crippen LogP contribution is -2.35. The van der Waals surface area contributed by atoms with Crippen LogP contribution in [0.5, 0.6) is 0 Å². The standard InChI is InChI=1S/C19H19N3O/c1-2-13-5-3-4-6-15(13)11-22-10-9-17-16(12-22)19(23)21-18(20-17)14-7-8-14/h1,3-6,14H,7-12H2,(H,20,21,23). The van der Waals surface area contributed by atoms with Gasteiger partial charge in [0, 0.05) is 37.5 Å². The van der Waals surface area contributed by atoms with Crippen LogP contribution >= 0.6 is 0 Å². The van der Waals surface area contributed by atoms with E-state index in [-0.39, 0.29) is 5.56 Å². The Morgan fingerprint density at radius 1 is 1.35 bits per heavy atom. The zero-order valence-corrected chi connectivity index (χ0v) is 13.0. The van der Waals surface area contributed by atoms with Gasteiger partial charge in [-0.05, 0) is 24.5 Å². The molecule has 2 aromatic rings. The summed E-state index contributed by atoms with van der Waals surface area (Å²) in [5.74, 6) is 4.10. The van der Waals surface area contributed by atoms with Gasteiger partial charge < -0.3 is 4.98 Å². The number of nitrogens with zero attached hydrogens (tertiary/aromatic N) is 2. The second-order valence-electron chi connectivity index (χ2n) is 6.41. The minimum absolute atomic E-state index is 0.0341. The second-order valence-corrected chi connectivity index (χ2v) is 6.41. The van der Waals surface area contributed by atoms with Crippen molar-refractivity contribution in [3.63, 3.8) is 0 Å². The highest BCUT2D eigenvalue weighted by Gasteiger charge is 2.29. The molecule has 0 saturated heterocycles. The van der Waals surface area contributed by atoms with Crippen LogP contribution < -0.4 is 5.56 Å². The first kappa shape index (κ1) is 14.2. The predicted octanol–water partition coefficient (Wildman–Crippen LogP) is 2.19. The number of hydrogen-bond donors (Lipinski definition) is 1. The molecular weight excluding hydrogens is 286 g/mol. The van der Waals surface area contributed by atoms with Crippen molar-refractivity contribution < 1.29 is 0 Å². The van der Waals surface area contributed by atoms with Crippen LogP contribution in [-0.4, -0.2) is 21.4 Å².